The molecule has 1 aliphatic carbocycles. The molecule has 0 amide bonds. The van der Waals surface area contributed by atoms with E-state index in [1.807, 2.05) is 0 Å². The summed E-state index contributed by atoms with van der Waals surface area (Å²) in [5.74, 6) is 0.377. The van der Waals surface area contributed by atoms with Crippen LogP contribution < -0.4 is 0 Å². The number of carbonyl (C=O) groups excluding carboxylic acids is 1. The number of halogens is 1. The Morgan fingerprint density at radius 1 is 1.41 bits per heavy atom. The summed E-state index contributed by atoms with van der Waals surface area (Å²) in [4.78, 5) is 13.7. The van der Waals surface area contributed by atoms with Crippen LogP contribution in [-0.4, -0.2) is 5.78 Å². The molecule has 0 aromatic carbocycles. The normalized spacial score (nSPS) is 19.0. The second-order valence-corrected chi connectivity index (χ2v) is 5.59. The van der Waals surface area contributed by atoms with Gasteiger partial charge in [0.15, 0.2) is 11.0 Å². The van der Waals surface area contributed by atoms with Crippen LogP contribution in [0.15, 0.2) is 28.0 Å². The molecule has 0 saturated heterocycles. The van der Waals surface area contributed by atoms with Crippen LogP contribution in [0.5, 0.6) is 0 Å². The van der Waals surface area contributed by atoms with Crippen LogP contribution in [0.25, 0.3) is 0 Å². The van der Waals surface area contributed by atoms with Gasteiger partial charge in [0, 0.05) is 4.88 Å². The first-order valence-corrected chi connectivity index (χ1v) is 6.87. The highest BCUT2D eigenvalue weighted by atomic mass is 35.5. The van der Waals surface area contributed by atoms with Gasteiger partial charge in [0.2, 0.25) is 5.78 Å². The average molecular weight is 267 g/mol. The minimum absolute atomic E-state index is 0.0489. The number of rotatable bonds is 2. The second kappa shape index (κ2) is 4.31. The molecule has 1 unspecified atom stereocenters. The van der Waals surface area contributed by atoms with Gasteiger partial charge in [-0.2, -0.15) is 0 Å². The van der Waals surface area contributed by atoms with Crippen molar-refractivity contribution in [2.75, 3.05) is 0 Å². The predicted octanol–water partition coefficient (Wildman–Crippen LogP) is 4.30. The van der Waals surface area contributed by atoms with Crippen molar-refractivity contribution in [3.05, 3.63) is 45.0 Å². The number of furan rings is 1. The standard InChI is InChI=1S/C13H11ClO2S/c14-12-5-4-10(16-12)13(15)9-2-1-3-11-8(9)6-7-17-11/h4-7,9H,1-3H2. The van der Waals surface area contributed by atoms with Gasteiger partial charge in [-0.05, 0) is 60.0 Å². The molecule has 2 nitrogen and oxygen atoms in total. The van der Waals surface area contributed by atoms with E-state index in [1.165, 1.54) is 10.4 Å². The van der Waals surface area contributed by atoms with Crippen molar-refractivity contribution in [1.82, 2.24) is 0 Å². The highest BCUT2D eigenvalue weighted by Crippen LogP contribution is 2.37. The van der Waals surface area contributed by atoms with E-state index in [0.29, 0.717) is 5.76 Å². The predicted molar refractivity (Wildman–Crippen MR) is 68.0 cm³/mol. The first-order valence-electron chi connectivity index (χ1n) is 5.61. The SMILES string of the molecule is O=C(c1ccc(Cl)o1)C1CCCc2sccc21. The molecule has 0 N–H and O–H groups in total. The van der Waals surface area contributed by atoms with E-state index in [9.17, 15) is 4.79 Å². The van der Waals surface area contributed by atoms with E-state index in [2.05, 4.69) is 11.4 Å². The third kappa shape index (κ3) is 1.94. The number of Topliss-reactive ketones (excluding diaryl/α,β-unsaturated/α-hetero) is 1. The summed E-state index contributed by atoms with van der Waals surface area (Å²) in [6.07, 6.45) is 3.06. The quantitative estimate of drug-likeness (QED) is 0.759. The van der Waals surface area contributed by atoms with E-state index in [0.717, 1.165) is 19.3 Å². The average Bonchev–Trinajstić information content (AvgIpc) is 2.95. The Labute approximate surface area is 108 Å². The van der Waals surface area contributed by atoms with E-state index in [-0.39, 0.29) is 16.9 Å². The van der Waals surface area contributed by atoms with Gasteiger partial charge in [-0.1, -0.05) is 0 Å². The summed E-state index contributed by atoms with van der Waals surface area (Å²) >= 11 is 7.44. The number of aryl methyl sites for hydroxylation is 1. The summed E-state index contributed by atoms with van der Waals surface area (Å²) in [6.45, 7) is 0. The van der Waals surface area contributed by atoms with Crippen LogP contribution in [0.4, 0.5) is 0 Å². The highest BCUT2D eigenvalue weighted by Gasteiger charge is 2.29. The first kappa shape index (κ1) is 11.1. The molecule has 0 fully saturated rings. The summed E-state index contributed by atoms with van der Waals surface area (Å²) in [7, 11) is 0. The van der Waals surface area contributed by atoms with Crippen LogP contribution in [0, 0.1) is 0 Å². The van der Waals surface area contributed by atoms with Crippen molar-refractivity contribution in [2.45, 2.75) is 25.2 Å². The van der Waals surface area contributed by atoms with E-state index in [1.54, 1.807) is 23.5 Å². The molecule has 2 aromatic rings. The lowest BCUT2D eigenvalue weighted by molar-refractivity contribution is 0.0924. The van der Waals surface area contributed by atoms with Crippen LogP contribution in [0.1, 0.15) is 39.8 Å². The maximum atomic E-state index is 12.3. The molecule has 17 heavy (non-hydrogen) atoms. The lowest BCUT2D eigenvalue weighted by Crippen LogP contribution is -2.16. The van der Waals surface area contributed by atoms with Gasteiger partial charge in [0.25, 0.3) is 0 Å². The van der Waals surface area contributed by atoms with Gasteiger partial charge in [-0.15, -0.1) is 11.3 Å². The largest absolute Gasteiger partial charge is 0.442 e. The molecule has 88 valence electrons. The second-order valence-electron chi connectivity index (χ2n) is 4.21. The van der Waals surface area contributed by atoms with Crippen molar-refractivity contribution in [3.8, 4) is 0 Å². The number of thiophene rings is 1. The van der Waals surface area contributed by atoms with Crippen LogP contribution in [-0.2, 0) is 6.42 Å². The monoisotopic (exact) mass is 266 g/mol. The number of ketones is 1. The first-order chi connectivity index (χ1) is 8.25. The van der Waals surface area contributed by atoms with Gasteiger partial charge in [-0.25, -0.2) is 0 Å². The number of hydrogen-bond donors (Lipinski definition) is 0. The van der Waals surface area contributed by atoms with Crippen LogP contribution in [0.3, 0.4) is 0 Å². The Hall–Kier alpha value is -1.06. The Morgan fingerprint density at radius 3 is 3.06 bits per heavy atom. The maximum Gasteiger partial charge on any atom is 0.205 e. The lowest BCUT2D eigenvalue weighted by Gasteiger charge is -2.20. The van der Waals surface area contributed by atoms with E-state index in [4.69, 9.17) is 16.0 Å². The Kier molecular flexibility index (Phi) is 2.81. The van der Waals surface area contributed by atoms with Crippen LogP contribution >= 0.6 is 22.9 Å². The zero-order chi connectivity index (χ0) is 11.8. The topological polar surface area (TPSA) is 30.2 Å². The maximum absolute atomic E-state index is 12.3. The van der Waals surface area contributed by atoms with Gasteiger partial charge >= 0.3 is 0 Å². The zero-order valence-electron chi connectivity index (χ0n) is 9.11. The smallest absolute Gasteiger partial charge is 0.205 e. The molecule has 0 bridgehead atoms. The molecule has 0 aliphatic heterocycles. The molecular formula is C13H11ClO2S. The fraction of sp³-hybridized carbons (Fsp3) is 0.308. The summed E-state index contributed by atoms with van der Waals surface area (Å²) < 4.78 is 5.21. The minimum atomic E-state index is -0.0489. The number of carbonyl (C=O) groups is 1. The lowest BCUT2D eigenvalue weighted by atomic mass is 9.84. The van der Waals surface area contributed by atoms with Crippen molar-refractivity contribution in [1.29, 1.82) is 0 Å². The molecule has 0 radical (unpaired) electrons. The zero-order valence-corrected chi connectivity index (χ0v) is 10.7. The Morgan fingerprint density at radius 2 is 2.29 bits per heavy atom. The fourth-order valence-corrected chi connectivity index (χ4v) is 3.51. The summed E-state index contributed by atoms with van der Waals surface area (Å²) in [5, 5.41) is 2.33. The molecule has 0 spiro atoms. The third-order valence-corrected chi connectivity index (χ3v) is 4.38. The highest BCUT2D eigenvalue weighted by molar-refractivity contribution is 7.10. The Bertz CT molecular complexity index is 555. The van der Waals surface area contributed by atoms with Crippen molar-refractivity contribution in [3.63, 3.8) is 0 Å². The molecule has 3 rings (SSSR count). The number of fused-ring (bicyclic) bond motifs is 1. The molecular weight excluding hydrogens is 256 g/mol. The van der Waals surface area contributed by atoms with Gasteiger partial charge in [0.1, 0.15) is 0 Å². The summed E-state index contributed by atoms with van der Waals surface area (Å²) in [6, 6.07) is 5.34. The van der Waals surface area contributed by atoms with Crippen molar-refractivity contribution < 1.29 is 9.21 Å². The minimum Gasteiger partial charge on any atom is -0.442 e. The van der Waals surface area contributed by atoms with Gasteiger partial charge in [0.05, 0.1) is 5.92 Å². The molecule has 4 heteroatoms. The fourth-order valence-electron chi connectivity index (χ4n) is 2.38. The Balaban J connectivity index is 1.94. The van der Waals surface area contributed by atoms with Crippen molar-refractivity contribution in [2.24, 2.45) is 0 Å². The summed E-state index contributed by atoms with van der Waals surface area (Å²) in [5.41, 5.74) is 1.18. The molecule has 2 heterocycles. The number of hydrogen-bond acceptors (Lipinski definition) is 3. The molecule has 1 atom stereocenters. The molecule has 0 saturated carbocycles. The third-order valence-electron chi connectivity index (χ3n) is 3.18. The van der Waals surface area contributed by atoms with Gasteiger partial charge in [-0.3, -0.25) is 4.79 Å². The van der Waals surface area contributed by atoms with E-state index < -0.39 is 0 Å². The molecule has 1 aliphatic rings. The molecule has 2 aromatic heterocycles. The van der Waals surface area contributed by atoms with Crippen LogP contribution in [0.2, 0.25) is 5.22 Å². The van der Waals surface area contributed by atoms with Crippen molar-refractivity contribution >= 4 is 28.7 Å². The van der Waals surface area contributed by atoms with Gasteiger partial charge < -0.3 is 4.42 Å². The van der Waals surface area contributed by atoms with E-state index >= 15 is 0 Å².